The third-order valence-electron chi connectivity index (χ3n) is 3.77. The molecule has 0 saturated carbocycles. The van der Waals surface area contributed by atoms with Crippen LogP contribution in [0.4, 0.5) is 0 Å². The number of aliphatic hydroxyl groups excluding tert-OH is 1. The Balaban J connectivity index is 1.60. The molecule has 6 nitrogen and oxygen atoms in total. The van der Waals surface area contributed by atoms with Crippen molar-refractivity contribution in [3.05, 3.63) is 33.5 Å². The molecule has 0 saturated heterocycles. The highest BCUT2D eigenvalue weighted by Gasteiger charge is 2.22. The van der Waals surface area contributed by atoms with Gasteiger partial charge >= 0.3 is 0 Å². The van der Waals surface area contributed by atoms with E-state index in [0.717, 1.165) is 17.8 Å². The fraction of sp³-hybridized carbons (Fsp3) is 0.500. The van der Waals surface area contributed by atoms with Crippen molar-refractivity contribution in [2.45, 2.75) is 39.5 Å². The molecule has 21 heavy (non-hydrogen) atoms. The van der Waals surface area contributed by atoms with Crippen LogP contribution >= 0.6 is 11.3 Å². The van der Waals surface area contributed by atoms with E-state index in [-0.39, 0.29) is 12.5 Å². The first-order chi connectivity index (χ1) is 10.2. The third kappa shape index (κ3) is 2.98. The van der Waals surface area contributed by atoms with Gasteiger partial charge in [0.25, 0.3) is 0 Å². The summed E-state index contributed by atoms with van der Waals surface area (Å²) in [6.45, 7) is 3.87. The van der Waals surface area contributed by atoms with Gasteiger partial charge < -0.3 is 10.0 Å². The standard InChI is InChI=1S/C14H18N4O2S/c1-10-13(21-9-15-10)2-3-14(20)17-4-5-18-12(7-17)6-11(8-19)16-18/h6,9,19H,2-5,7-8H2,1H3. The van der Waals surface area contributed by atoms with Gasteiger partial charge in [-0.05, 0) is 19.4 Å². The normalized spacial score (nSPS) is 14.3. The zero-order chi connectivity index (χ0) is 14.8. The molecule has 0 bridgehead atoms. The van der Waals surface area contributed by atoms with Crippen LogP contribution in [0.5, 0.6) is 0 Å². The molecule has 0 atom stereocenters. The second kappa shape index (κ2) is 5.95. The lowest BCUT2D eigenvalue weighted by atomic mass is 10.2. The van der Waals surface area contributed by atoms with E-state index in [1.54, 1.807) is 11.3 Å². The number of aromatic nitrogens is 3. The molecule has 1 amide bonds. The number of aryl methyl sites for hydroxylation is 2. The topological polar surface area (TPSA) is 71.2 Å². The quantitative estimate of drug-likeness (QED) is 0.919. The van der Waals surface area contributed by atoms with Gasteiger partial charge in [-0.25, -0.2) is 4.98 Å². The highest BCUT2D eigenvalue weighted by Crippen LogP contribution is 2.18. The first-order valence-corrected chi connectivity index (χ1v) is 7.88. The van der Waals surface area contributed by atoms with Crippen LogP contribution in [-0.2, 0) is 30.9 Å². The Morgan fingerprint density at radius 3 is 3.05 bits per heavy atom. The molecular weight excluding hydrogens is 288 g/mol. The molecule has 2 aromatic heterocycles. The van der Waals surface area contributed by atoms with Crippen molar-refractivity contribution in [1.29, 1.82) is 0 Å². The molecule has 2 aromatic rings. The third-order valence-corrected chi connectivity index (χ3v) is 4.77. The van der Waals surface area contributed by atoms with E-state index < -0.39 is 0 Å². The molecular formula is C14H18N4O2S. The number of fused-ring (bicyclic) bond motifs is 1. The van der Waals surface area contributed by atoms with Crippen molar-refractivity contribution in [2.75, 3.05) is 6.54 Å². The number of hydrogen-bond acceptors (Lipinski definition) is 5. The summed E-state index contributed by atoms with van der Waals surface area (Å²) in [5.74, 6) is 0.167. The van der Waals surface area contributed by atoms with Crippen molar-refractivity contribution >= 4 is 17.2 Å². The summed E-state index contributed by atoms with van der Waals surface area (Å²) in [5.41, 5.74) is 4.51. The van der Waals surface area contributed by atoms with Crippen molar-refractivity contribution in [2.24, 2.45) is 0 Å². The number of amides is 1. The van der Waals surface area contributed by atoms with Gasteiger partial charge in [-0.2, -0.15) is 5.10 Å². The Kier molecular flexibility index (Phi) is 4.03. The van der Waals surface area contributed by atoms with E-state index in [1.165, 1.54) is 4.88 Å². The van der Waals surface area contributed by atoms with Crippen molar-refractivity contribution < 1.29 is 9.90 Å². The molecule has 0 unspecified atom stereocenters. The molecule has 0 spiro atoms. The Labute approximate surface area is 127 Å². The van der Waals surface area contributed by atoms with Gasteiger partial charge in [0.15, 0.2) is 0 Å². The van der Waals surface area contributed by atoms with E-state index in [9.17, 15) is 4.79 Å². The van der Waals surface area contributed by atoms with Crippen LogP contribution < -0.4 is 0 Å². The summed E-state index contributed by atoms with van der Waals surface area (Å²) in [5, 5.41) is 13.4. The summed E-state index contributed by atoms with van der Waals surface area (Å²) in [4.78, 5) is 19.6. The van der Waals surface area contributed by atoms with Gasteiger partial charge in [0.1, 0.15) is 0 Å². The second-order valence-corrected chi connectivity index (χ2v) is 6.12. The van der Waals surface area contributed by atoms with Gasteiger partial charge in [-0.1, -0.05) is 0 Å². The smallest absolute Gasteiger partial charge is 0.223 e. The Morgan fingerprint density at radius 1 is 1.48 bits per heavy atom. The summed E-state index contributed by atoms with van der Waals surface area (Å²) in [6, 6.07) is 1.87. The highest BCUT2D eigenvalue weighted by molar-refractivity contribution is 7.09. The number of rotatable bonds is 4. The minimum absolute atomic E-state index is 0.0569. The second-order valence-electron chi connectivity index (χ2n) is 5.18. The van der Waals surface area contributed by atoms with E-state index in [2.05, 4.69) is 10.1 Å². The molecule has 7 heteroatoms. The van der Waals surface area contributed by atoms with Gasteiger partial charge in [0.2, 0.25) is 5.91 Å². The van der Waals surface area contributed by atoms with Gasteiger partial charge in [0, 0.05) is 17.8 Å². The maximum atomic E-state index is 12.3. The summed E-state index contributed by atoms with van der Waals surface area (Å²) >= 11 is 1.61. The average Bonchev–Trinajstić information content (AvgIpc) is 3.09. The zero-order valence-corrected chi connectivity index (χ0v) is 12.8. The van der Waals surface area contributed by atoms with Crippen LogP contribution in [0.15, 0.2) is 11.6 Å². The SMILES string of the molecule is Cc1ncsc1CCC(=O)N1CCn2nc(CO)cc2C1. The van der Waals surface area contributed by atoms with Crippen LogP contribution in [0.3, 0.4) is 0 Å². The van der Waals surface area contributed by atoms with Crippen molar-refractivity contribution in [3.63, 3.8) is 0 Å². The molecule has 3 rings (SSSR count). The fourth-order valence-corrected chi connectivity index (χ4v) is 3.34. The Bertz CT molecular complexity index is 649. The van der Waals surface area contributed by atoms with E-state index in [4.69, 9.17) is 5.11 Å². The van der Waals surface area contributed by atoms with Crippen LogP contribution in [0.25, 0.3) is 0 Å². The lowest BCUT2D eigenvalue weighted by molar-refractivity contribution is -0.132. The summed E-state index contributed by atoms with van der Waals surface area (Å²) in [7, 11) is 0. The molecule has 112 valence electrons. The molecule has 1 aliphatic rings. The average molecular weight is 306 g/mol. The number of nitrogens with zero attached hydrogens (tertiary/aromatic N) is 4. The Morgan fingerprint density at radius 2 is 2.33 bits per heavy atom. The first-order valence-electron chi connectivity index (χ1n) is 7.00. The van der Waals surface area contributed by atoms with Crippen LogP contribution in [0.2, 0.25) is 0 Å². The molecule has 3 heterocycles. The summed E-state index contributed by atoms with van der Waals surface area (Å²) < 4.78 is 1.88. The zero-order valence-electron chi connectivity index (χ0n) is 11.9. The molecule has 0 aromatic carbocycles. The summed E-state index contributed by atoms with van der Waals surface area (Å²) in [6.07, 6.45) is 1.27. The van der Waals surface area contributed by atoms with Crippen molar-refractivity contribution in [1.82, 2.24) is 19.7 Å². The van der Waals surface area contributed by atoms with Crippen molar-refractivity contribution in [3.8, 4) is 0 Å². The largest absolute Gasteiger partial charge is 0.390 e. The minimum atomic E-state index is -0.0569. The molecule has 0 radical (unpaired) electrons. The Hall–Kier alpha value is -1.73. The van der Waals surface area contributed by atoms with Gasteiger partial charge in [-0.15, -0.1) is 11.3 Å². The predicted octanol–water partition coefficient (Wildman–Crippen LogP) is 1.12. The first kappa shape index (κ1) is 14.2. The van der Waals surface area contributed by atoms with Crippen LogP contribution in [0, 0.1) is 6.92 Å². The highest BCUT2D eigenvalue weighted by atomic mass is 32.1. The lowest BCUT2D eigenvalue weighted by Gasteiger charge is -2.27. The van der Waals surface area contributed by atoms with Crippen LogP contribution in [0.1, 0.15) is 28.4 Å². The van der Waals surface area contributed by atoms with Crippen LogP contribution in [-0.4, -0.2) is 37.2 Å². The maximum absolute atomic E-state index is 12.3. The van der Waals surface area contributed by atoms with E-state index >= 15 is 0 Å². The fourth-order valence-electron chi connectivity index (χ4n) is 2.56. The molecule has 0 aliphatic carbocycles. The number of aliphatic hydroxyl groups is 1. The van der Waals surface area contributed by atoms with Gasteiger partial charge in [-0.3, -0.25) is 9.48 Å². The maximum Gasteiger partial charge on any atom is 0.223 e. The number of thiazole rings is 1. The molecule has 0 fully saturated rings. The minimum Gasteiger partial charge on any atom is -0.390 e. The predicted molar refractivity (Wildman–Crippen MR) is 78.7 cm³/mol. The lowest BCUT2D eigenvalue weighted by Crippen LogP contribution is -2.38. The number of hydrogen-bond donors (Lipinski definition) is 1. The number of carbonyl (C=O) groups excluding carboxylic acids is 1. The van der Waals surface area contributed by atoms with Gasteiger partial charge in [0.05, 0.1) is 42.3 Å². The number of carbonyl (C=O) groups is 1. The molecule has 1 aliphatic heterocycles. The monoisotopic (exact) mass is 306 g/mol. The van der Waals surface area contributed by atoms with E-state index in [1.807, 2.05) is 28.1 Å². The molecule has 1 N–H and O–H groups in total. The van der Waals surface area contributed by atoms with E-state index in [0.29, 0.717) is 31.7 Å².